The van der Waals surface area contributed by atoms with Crippen LogP contribution in [0.3, 0.4) is 0 Å². The normalized spacial score (nSPS) is 21.9. The molecule has 0 saturated heterocycles. The van der Waals surface area contributed by atoms with Gasteiger partial charge in [0.25, 0.3) is 0 Å². The zero-order chi connectivity index (χ0) is 23.8. The molecule has 178 valence electrons. The molecule has 3 aliphatic rings. The van der Waals surface area contributed by atoms with E-state index in [-0.39, 0.29) is 36.1 Å². The van der Waals surface area contributed by atoms with Gasteiger partial charge >= 0.3 is 0 Å². The predicted molar refractivity (Wildman–Crippen MR) is 120 cm³/mol. The number of amides is 4. The standard InChI is InChI=1S/C23H27N7O4/c1-12(31)26-19(13-5-6-13)22(33)27-17-8-7-14-3-2-4-15-9-18(30(20(14)15)23(17)34)21(32)24-10-16-11-25-29-28-16/h2-4,11,13,17-19H,5-10H2,1H3,(H,24,32)(H,26,31)(H,27,33)(H,25,28,29). The van der Waals surface area contributed by atoms with Crippen LogP contribution >= 0.6 is 0 Å². The Bertz CT molecular complexity index is 1130. The minimum absolute atomic E-state index is 0.0930. The summed E-state index contributed by atoms with van der Waals surface area (Å²) >= 11 is 0. The lowest BCUT2D eigenvalue weighted by atomic mass is 10.0. The van der Waals surface area contributed by atoms with Crippen molar-refractivity contribution in [2.75, 3.05) is 4.90 Å². The van der Waals surface area contributed by atoms with E-state index in [1.165, 1.54) is 13.1 Å². The highest BCUT2D eigenvalue weighted by Gasteiger charge is 2.45. The zero-order valence-corrected chi connectivity index (χ0v) is 18.8. The fraction of sp³-hybridized carbons (Fsp3) is 0.478. The van der Waals surface area contributed by atoms with Crippen LogP contribution in [0.2, 0.25) is 0 Å². The van der Waals surface area contributed by atoms with E-state index in [1.807, 2.05) is 18.2 Å². The summed E-state index contributed by atoms with van der Waals surface area (Å²) in [6.45, 7) is 1.57. The molecule has 3 unspecified atom stereocenters. The van der Waals surface area contributed by atoms with Gasteiger partial charge in [-0.15, -0.1) is 0 Å². The summed E-state index contributed by atoms with van der Waals surface area (Å²) < 4.78 is 0. The number of para-hydroxylation sites is 1. The van der Waals surface area contributed by atoms with Gasteiger partial charge in [0.15, 0.2) is 0 Å². The highest BCUT2D eigenvalue weighted by molar-refractivity contribution is 6.08. The van der Waals surface area contributed by atoms with E-state index in [0.29, 0.717) is 25.0 Å². The quantitative estimate of drug-likeness (QED) is 0.442. The van der Waals surface area contributed by atoms with E-state index < -0.39 is 18.1 Å². The van der Waals surface area contributed by atoms with Crippen LogP contribution in [0.25, 0.3) is 0 Å². The molecule has 1 aliphatic carbocycles. The first kappa shape index (κ1) is 22.1. The number of anilines is 1. The first-order chi connectivity index (χ1) is 16.4. The van der Waals surface area contributed by atoms with Gasteiger partial charge in [-0.05, 0) is 42.7 Å². The third kappa shape index (κ3) is 4.25. The molecular formula is C23H27N7O4. The highest BCUT2D eigenvalue weighted by Crippen LogP contribution is 2.39. The smallest absolute Gasteiger partial charge is 0.250 e. The number of hydrogen-bond donors (Lipinski definition) is 4. The Morgan fingerprint density at radius 1 is 1.21 bits per heavy atom. The predicted octanol–water partition coefficient (Wildman–Crippen LogP) is -0.275. The van der Waals surface area contributed by atoms with Gasteiger partial charge in [-0.25, -0.2) is 0 Å². The third-order valence-corrected chi connectivity index (χ3v) is 6.67. The van der Waals surface area contributed by atoms with Crippen LogP contribution in [-0.2, 0) is 38.6 Å². The van der Waals surface area contributed by atoms with Crippen LogP contribution in [0.1, 0.15) is 43.0 Å². The fourth-order valence-electron chi connectivity index (χ4n) is 4.89. The van der Waals surface area contributed by atoms with Gasteiger partial charge < -0.3 is 16.0 Å². The highest BCUT2D eigenvalue weighted by atomic mass is 16.2. The molecule has 1 saturated carbocycles. The second-order valence-corrected chi connectivity index (χ2v) is 9.15. The van der Waals surface area contributed by atoms with Crippen LogP contribution in [0.5, 0.6) is 0 Å². The number of H-pyrrole nitrogens is 1. The fourth-order valence-corrected chi connectivity index (χ4v) is 4.89. The van der Waals surface area contributed by atoms with Crippen LogP contribution in [0.15, 0.2) is 24.4 Å². The molecule has 0 radical (unpaired) electrons. The molecule has 1 aromatic carbocycles. The Morgan fingerprint density at radius 2 is 2.00 bits per heavy atom. The first-order valence-corrected chi connectivity index (χ1v) is 11.6. The molecular weight excluding hydrogens is 438 g/mol. The first-order valence-electron chi connectivity index (χ1n) is 11.6. The Balaban J connectivity index is 1.36. The van der Waals surface area contributed by atoms with E-state index in [9.17, 15) is 19.2 Å². The molecule has 0 bridgehead atoms. The maximum Gasteiger partial charge on any atom is 0.250 e. The lowest BCUT2D eigenvalue weighted by Gasteiger charge is -2.28. The second kappa shape index (κ2) is 8.88. The summed E-state index contributed by atoms with van der Waals surface area (Å²) in [6, 6.07) is 3.68. The van der Waals surface area contributed by atoms with E-state index in [1.54, 1.807) is 4.90 Å². The van der Waals surface area contributed by atoms with Crippen LogP contribution in [-0.4, -0.2) is 57.2 Å². The van der Waals surface area contributed by atoms with Crippen molar-refractivity contribution >= 4 is 29.3 Å². The number of aryl methyl sites for hydroxylation is 1. The Kier molecular flexibility index (Phi) is 5.76. The second-order valence-electron chi connectivity index (χ2n) is 9.15. The molecule has 1 fully saturated rings. The summed E-state index contributed by atoms with van der Waals surface area (Å²) in [7, 11) is 0. The van der Waals surface area contributed by atoms with Gasteiger partial charge in [0.2, 0.25) is 23.6 Å². The molecule has 34 heavy (non-hydrogen) atoms. The van der Waals surface area contributed by atoms with Crippen LogP contribution in [0, 0.1) is 5.92 Å². The van der Waals surface area contributed by atoms with Gasteiger partial charge in [-0.3, -0.25) is 24.1 Å². The molecule has 11 heteroatoms. The monoisotopic (exact) mass is 465 g/mol. The van der Waals surface area contributed by atoms with E-state index in [0.717, 1.165) is 29.7 Å². The van der Waals surface area contributed by atoms with Gasteiger partial charge in [-0.1, -0.05) is 18.2 Å². The Hall–Kier alpha value is -3.76. The van der Waals surface area contributed by atoms with Crippen molar-refractivity contribution in [3.8, 4) is 0 Å². The van der Waals surface area contributed by atoms with Crippen LogP contribution < -0.4 is 20.9 Å². The number of hydrogen-bond acceptors (Lipinski definition) is 6. The number of aromatic nitrogens is 3. The summed E-state index contributed by atoms with van der Waals surface area (Å²) in [5.74, 6) is -1.14. The summed E-state index contributed by atoms with van der Waals surface area (Å²) in [6.07, 6.45) is 4.67. The average Bonchev–Trinajstić information content (AvgIpc) is 3.40. The minimum atomic E-state index is -0.785. The van der Waals surface area contributed by atoms with Crippen molar-refractivity contribution < 1.29 is 19.2 Å². The van der Waals surface area contributed by atoms with Crippen molar-refractivity contribution in [1.82, 2.24) is 31.4 Å². The summed E-state index contributed by atoms with van der Waals surface area (Å²) in [5.41, 5.74) is 3.27. The van der Waals surface area contributed by atoms with E-state index >= 15 is 0 Å². The number of carbonyl (C=O) groups excluding carboxylic acids is 4. The molecule has 1 aromatic heterocycles. The van der Waals surface area contributed by atoms with E-state index in [4.69, 9.17) is 0 Å². The maximum atomic E-state index is 13.7. The van der Waals surface area contributed by atoms with Gasteiger partial charge in [0.1, 0.15) is 23.8 Å². The minimum Gasteiger partial charge on any atom is -0.348 e. The molecule has 4 amide bonds. The molecule has 2 aromatic rings. The SMILES string of the molecule is CC(=O)NC(C(=O)NC1CCc2cccc3c2N(C1=O)C(C(=O)NCc1cn[nH]n1)C3)C1CC1. The van der Waals surface area contributed by atoms with Gasteiger partial charge in [-0.2, -0.15) is 15.4 Å². The van der Waals surface area contributed by atoms with Crippen molar-refractivity contribution in [2.24, 2.45) is 5.92 Å². The molecule has 3 heterocycles. The number of carbonyl (C=O) groups is 4. The third-order valence-electron chi connectivity index (χ3n) is 6.67. The molecule has 2 aliphatic heterocycles. The Morgan fingerprint density at radius 3 is 2.71 bits per heavy atom. The molecule has 11 nitrogen and oxygen atoms in total. The Labute approximate surface area is 196 Å². The molecule has 0 spiro atoms. The maximum absolute atomic E-state index is 13.7. The van der Waals surface area contributed by atoms with Gasteiger partial charge in [0.05, 0.1) is 18.4 Å². The van der Waals surface area contributed by atoms with E-state index in [2.05, 4.69) is 31.4 Å². The summed E-state index contributed by atoms with van der Waals surface area (Å²) in [4.78, 5) is 53.0. The largest absolute Gasteiger partial charge is 0.348 e. The van der Waals surface area contributed by atoms with Crippen molar-refractivity contribution in [3.05, 3.63) is 41.2 Å². The molecule has 3 atom stereocenters. The zero-order valence-electron chi connectivity index (χ0n) is 18.8. The van der Waals surface area contributed by atoms with Gasteiger partial charge in [0, 0.05) is 13.3 Å². The molecule has 4 N–H and O–H groups in total. The van der Waals surface area contributed by atoms with Crippen molar-refractivity contribution in [1.29, 1.82) is 0 Å². The topological polar surface area (TPSA) is 149 Å². The van der Waals surface area contributed by atoms with Crippen molar-refractivity contribution in [3.63, 3.8) is 0 Å². The number of nitrogens with zero attached hydrogens (tertiary/aromatic N) is 3. The number of benzene rings is 1. The summed E-state index contributed by atoms with van der Waals surface area (Å²) in [5, 5.41) is 18.6. The molecule has 5 rings (SSSR count). The number of rotatable bonds is 7. The number of aromatic amines is 1. The van der Waals surface area contributed by atoms with Crippen LogP contribution in [0.4, 0.5) is 5.69 Å². The van der Waals surface area contributed by atoms with Crippen molar-refractivity contribution in [2.45, 2.75) is 63.7 Å². The number of nitrogens with one attached hydrogen (secondary N) is 4. The lowest BCUT2D eigenvalue weighted by Crippen LogP contribution is -2.57. The lowest BCUT2D eigenvalue weighted by molar-refractivity contribution is -0.132. The average molecular weight is 466 g/mol.